The normalized spacial score (nSPS) is 11.8. The number of nitrogens with zero attached hydrogens (tertiary/aromatic N) is 3. The largest absolute Gasteiger partial charge is 0.495 e. The first-order valence-electron chi connectivity index (χ1n) is 11.6. The van der Waals surface area contributed by atoms with Crippen LogP contribution in [0.2, 0.25) is 0 Å². The molecule has 0 fully saturated rings. The van der Waals surface area contributed by atoms with E-state index in [-0.39, 0.29) is 16.5 Å². The number of aromatic nitrogens is 4. The van der Waals surface area contributed by atoms with Gasteiger partial charge in [0.05, 0.1) is 19.3 Å². The Morgan fingerprint density at radius 2 is 1.92 bits per heavy atom. The first-order valence-corrected chi connectivity index (χ1v) is 13.1. The summed E-state index contributed by atoms with van der Waals surface area (Å²) in [6, 6.07) is 13.5. The Labute approximate surface area is 214 Å². The van der Waals surface area contributed by atoms with Gasteiger partial charge in [-0.25, -0.2) is 22.5 Å². The third kappa shape index (κ3) is 4.49. The third-order valence-electron chi connectivity index (χ3n) is 6.46. The molecule has 5 rings (SSSR count). The molecule has 0 aliphatic carbocycles. The zero-order valence-corrected chi connectivity index (χ0v) is 21.6. The topological polar surface area (TPSA) is 102 Å². The quantitative estimate of drug-likeness (QED) is 0.321. The second kappa shape index (κ2) is 9.45. The SMILES string of the molecule is CNS(=O)(=O)c1cc(-c2cnc3[nH]cc(-c4c(C)nn(Cc5cccc(F)c5)c4C)c3c2)ccc1OC. The fraction of sp³-hybridized carbons (Fsp3) is 0.185. The maximum atomic E-state index is 13.7. The Balaban J connectivity index is 1.59. The number of hydrogen-bond acceptors (Lipinski definition) is 5. The smallest absolute Gasteiger partial charge is 0.244 e. The van der Waals surface area contributed by atoms with E-state index in [1.807, 2.05) is 36.9 Å². The fourth-order valence-corrected chi connectivity index (χ4v) is 5.51. The highest BCUT2D eigenvalue weighted by Crippen LogP contribution is 2.36. The van der Waals surface area contributed by atoms with E-state index in [9.17, 15) is 12.8 Å². The molecule has 0 saturated carbocycles. The monoisotopic (exact) mass is 519 g/mol. The molecule has 10 heteroatoms. The second-order valence-electron chi connectivity index (χ2n) is 8.73. The maximum Gasteiger partial charge on any atom is 0.244 e. The van der Waals surface area contributed by atoms with Crippen LogP contribution in [0.15, 0.2) is 65.8 Å². The van der Waals surface area contributed by atoms with E-state index >= 15 is 0 Å². The molecular formula is C27H26FN5O3S. The summed E-state index contributed by atoms with van der Waals surface area (Å²) < 4.78 is 48.3. The van der Waals surface area contributed by atoms with Crippen LogP contribution in [0.1, 0.15) is 17.0 Å². The first kappa shape index (κ1) is 24.7. The highest BCUT2D eigenvalue weighted by Gasteiger charge is 2.21. The van der Waals surface area contributed by atoms with Crippen LogP contribution in [0.25, 0.3) is 33.3 Å². The minimum atomic E-state index is -3.73. The number of hydrogen-bond donors (Lipinski definition) is 2. The number of benzene rings is 2. The van der Waals surface area contributed by atoms with Crippen LogP contribution < -0.4 is 9.46 Å². The fourth-order valence-electron chi connectivity index (χ4n) is 4.59. The van der Waals surface area contributed by atoms with Gasteiger partial charge in [-0.15, -0.1) is 0 Å². The summed E-state index contributed by atoms with van der Waals surface area (Å²) in [7, 11) is -0.933. The summed E-state index contributed by atoms with van der Waals surface area (Å²) in [5.41, 5.74) is 6.65. The summed E-state index contributed by atoms with van der Waals surface area (Å²) in [5, 5.41) is 5.60. The number of aromatic amines is 1. The van der Waals surface area contributed by atoms with Crippen molar-refractivity contribution >= 4 is 21.1 Å². The van der Waals surface area contributed by atoms with Gasteiger partial charge in [-0.3, -0.25) is 4.68 Å². The van der Waals surface area contributed by atoms with Gasteiger partial charge in [0.1, 0.15) is 22.1 Å². The van der Waals surface area contributed by atoms with Crippen molar-refractivity contribution in [3.05, 3.63) is 83.7 Å². The van der Waals surface area contributed by atoms with Gasteiger partial charge in [-0.2, -0.15) is 5.10 Å². The molecule has 3 heterocycles. The van der Waals surface area contributed by atoms with Crippen LogP contribution >= 0.6 is 0 Å². The number of fused-ring (bicyclic) bond motifs is 1. The number of nitrogens with one attached hydrogen (secondary N) is 2. The Hall–Kier alpha value is -4.02. The number of H-pyrrole nitrogens is 1. The molecule has 0 atom stereocenters. The maximum absolute atomic E-state index is 13.7. The lowest BCUT2D eigenvalue weighted by atomic mass is 10.0. The molecule has 0 saturated heterocycles. The van der Waals surface area contributed by atoms with E-state index in [4.69, 9.17) is 9.84 Å². The van der Waals surface area contributed by atoms with Crippen molar-refractivity contribution in [2.24, 2.45) is 0 Å². The van der Waals surface area contributed by atoms with Crippen molar-refractivity contribution in [1.82, 2.24) is 24.5 Å². The summed E-state index contributed by atoms with van der Waals surface area (Å²) in [6.07, 6.45) is 3.60. The Kier molecular flexibility index (Phi) is 6.30. The van der Waals surface area contributed by atoms with E-state index < -0.39 is 10.0 Å². The minimum absolute atomic E-state index is 0.0507. The molecule has 0 unspecified atom stereocenters. The Morgan fingerprint density at radius 3 is 2.65 bits per heavy atom. The zero-order valence-electron chi connectivity index (χ0n) is 20.8. The number of ether oxygens (including phenoxy) is 1. The molecular weight excluding hydrogens is 493 g/mol. The highest BCUT2D eigenvalue weighted by atomic mass is 32.2. The van der Waals surface area contributed by atoms with Crippen molar-refractivity contribution < 1.29 is 17.5 Å². The molecule has 0 aliphatic heterocycles. The van der Waals surface area contributed by atoms with Crippen molar-refractivity contribution in [2.75, 3.05) is 14.2 Å². The van der Waals surface area contributed by atoms with E-state index in [2.05, 4.69) is 14.7 Å². The van der Waals surface area contributed by atoms with Crippen LogP contribution in [-0.4, -0.2) is 42.3 Å². The number of halogens is 1. The van der Waals surface area contributed by atoms with Crippen molar-refractivity contribution in [2.45, 2.75) is 25.3 Å². The lowest BCUT2D eigenvalue weighted by molar-refractivity contribution is 0.402. The molecule has 190 valence electrons. The Bertz CT molecular complexity index is 1740. The van der Waals surface area contributed by atoms with Gasteiger partial charge in [0.25, 0.3) is 0 Å². The molecule has 5 aromatic rings. The van der Waals surface area contributed by atoms with Crippen LogP contribution in [0.4, 0.5) is 4.39 Å². The molecule has 2 N–H and O–H groups in total. The number of sulfonamides is 1. The van der Waals surface area contributed by atoms with Gasteiger partial charge >= 0.3 is 0 Å². The predicted octanol–water partition coefficient (Wildman–Crippen LogP) is 4.81. The molecule has 3 aromatic heterocycles. The Morgan fingerprint density at radius 1 is 1.11 bits per heavy atom. The van der Waals surface area contributed by atoms with E-state index in [0.717, 1.165) is 39.0 Å². The average molecular weight is 520 g/mol. The van der Waals surface area contributed by atoms with Crippen molar-refractivity contribution in [3.63, 3.8) is 0 Å². The first-order chi connectivity index (χ1) is 17.7. The number of aryl methyl sites for hydroxylation is 1. The minimum Gasteiger partial charge on any atom is -0.495 e. The van der Waals surface area contributed by atoms with Gasteiger partial charge in [0.2, 0.25) is 10.0 Å². The molecule has 0 bridgehead atoms. The van der Waals surface area contributed by atoms with Gasteiger partial charge in [0.15, 0.2) is 0 Å². The van der Waals surface area contributed by atoms with Crippen molar-refractivity contribution in [1.29, 1.82) is 0 Å². The average Bonchev–Trinajstić information content (AvgIpc) is 3.42. The summed E-state index contributed by atoms with van der Waals surface area (Å²) in [5.74, 6) is -0.0230. The van der Waals surface area contributed by atoms with Gasteiger partial charge < -0.3 is 9.72 Å². The standard InChI is InChI=1S/C27H26FN5O3S/c1-16-26(17(2)33(32-16)15-18-6-5-7-21(28)10-18)23-14-31-27-22(23)11-20(13-30-27)19-8-9-24(36-4)25(12-19)37(34,35)29-3/h5-14,29H,15H2,1-4H3,(H,30,31). The van der Waals surface area contributed by atoms with Crippen LogP contribution in [0.5, 0.6) is 5.75 Å². The lowest BCUT2D eigenvalue weighted by Gasteiger charge is -2.11. The second-order valence-corrected chi connectivity index (χ2v) is 10.6. The summed E-state index contributed by atoms with van der Waals surface area (Å²) in [4.78, 5) is 7.86. The number of pyridine rings is 1. The molecule has 0 radical (unpaired) electrons. The van der Waals surface area contributed by atoms with Gasteiger partial charge in [-0.1, -0.05) is 18.2 Å². The predicted molar refractivity (Wildman–Crippen MR) is 141 cm³/mol. The number of methoxy groups -OCH3 is 1. The van der Waals surface area contributed by atoms with Crippen LogP contribution in [-0.2, 0) is 16.6 Å². The molecule has 8 nitrogen and oxygen atoms in total. The number of rotatable bonds is 7. The van der Waals surface area contributed by atoms with E-state index in [1.54, 1.807) is 30.5 Å². The van der Waals surface area contributed by atoms with Gasteiger partial charge in [0, 0.05) is 40.2 Å². The van der Waals surface area contributed by atoms with Crippen molar-refractivity contribution in [3.8, 4) is 28.0 Å². The molecule has 37 heavy (non-hydrogen) atoms. The molecule has 0 aliphatic rings. The summed E-state index contributed by atoms with van der Waals surface area (Å²) >= 11 is 0. The van der Waals surface area contributed by atoms with E-state index in [0.29, 0.717) is 17.8 Å². The van der Waals surface area contributed by atoms with Crippen LogP contribution in [0.3, 0.4) is 0 Å². The zero-order chi connectivity index (χ0) is 26.3. The van der Waals surface area contributed by atoms with E-state index in [1.165, 1.54) is 26.3 Å². The van der Waals surface area contributed by atoms with Crippen LogP contribution in [0, 0.1) is 19.7 Å². The molecule has 0 amide bonds. The molecule has 0 spiro atoms. The lowest BCUT2D eigenvalue weighted by Crippen LogP contribution is -2.19. The molecule has 2 aromatic carbocycles. The summed E-state index contributed by atoms with van der Waals surface area (Å²) in [6.45, 7) is 4.38. The highest BCUT2D eigenvalue weighted by molar-refractivity contribution is 7.89. The third-order valence-corrected chi connectivity index (χ3v) is 7.89. The van der Waals surface area contributed by atoms with Gasteiger partial charge in [-0.05, 0) is 62.4 Å².